The maximum absolute atomic E-state index is 9.35. The first-order chi connectivity index (χ1) is 6.00. The van der Waals surface area contributed by atoms with Crippen molar-refractivity contribution in [1.29, 1.82) is 0 Å². The highest BCUT2D eigenvalue weighted by atomic mass is 16.4. The summed E-state index contributed by atoms with van der Waals surface area (Å²) in [6.45, 7) is 0. The van der Waals surface area contributed by atoms with Gasteiger partial charge in [0.05, 0.1) is 6.04 Å². The van der Waals surface area contributed by atoms with Crippen molar-refractivity contribution in [2.75, 3.05) is 7.05 Å². The van der Waals surface area contributed by atoms with Gasteiger partial charge >= 0.3 is 0 Å². The largest absolute Gasteiger partial charge is 0.389 e. The summed E-state index contributed by atoms with van der Waals surface area (Å²) < 4.78 is 0. The molecule has 0 aromatic heterocycles. The zero-order valence-corrected chi connectivity index (χ0v) is 7.20. The van der Waals surface area contributed by atoms with E-state index in [0.717, 1.165) is 0 Å². The zero-order valence-electron chi connectivity index (χ0n) is 7.20. The van der Waals surface area contributed by atoms with E-state index in [1.165, 1.54) is 7.05 Å². The molecular weight excluding hydrogens is 178 g/mol. The molecule has 0 bridgehead atoms. The van der Waals surface area contributed by atoms with E-state index in [1.807, 2.05) is 0 Å². The number of hydrogen-bond donors (Lipinski definition) is 6. The predicted molar refractivity (Wildman–Crippen MR) is 42.9 cm³/mol. The van der Waals surface area contributed by atoms with Crippen molar-refractivity contribution in [2.24, 2.45) is 0 Å². The molecule has 1 fully saturated rings. The third-order valence-electron chi connectivity index (χ3n) is 2.47. The molecule has 0 aromatic rings. The molecule has 1 rings (SSSR count). The van der Waals surface area contributed by atoms with Gasteiger partial charge in [0, 0.05) is 0 Å². The van der Waals surface area contributed by atoms with Crippen LogP contribution in [0.15, 0.2) is 0 Å². The highest BCUT2D eigenvalue weighted by molar-refractivity contribution is 5.01. The Hall–Kier alpha value is -0.240. The van der Waals surface area contributed by atoms with Crippen LogP contribution >= 0.6 is 0 Å². The number of aliphatic hydroxyl groups excluding tert-OH is 5. The van der Waals surface area contributed by atoms with Crippen LogP contribution in [0.5, 0.6) is 0 Å². The van der Waals surface area contributed by atoms with E-state index in [0.29, 0.717) is 0 Å². The van der Waals surface area contributed by atoms with Gasteiger partial charge in [-0.2, -0.15) is 0 Å². The highest BCUT2D eigenvalue weighted by Crippen LogP contribution is 2.20. The Bertz CT molecular complexity index is 162. The minimum absolute atomic E-state index is 0.839. The molecule has 6 heteroatoms. The lowest BCUT2D eigenvalue weighted by Gasteiger charge is -2.41. The molecule has 6 nitrogen and oxygen atoms in total. The third kappa shape index (κ3) is 1.69. The van der Waals surface area contributed by atoms with Gasteiger partial charge in [0.1, 0.15) is 30.5 Å². The first kappa shape index (κ1) is 10.8. The van der Waals surface area contributed by atoms with E-state index in [9.17, 15) is 20.4 Å². The average molecular weight is 193 g/mol. The Labute approximate surface area is 75.4 Å². The van der Waals surface area contributed by atoms with Crippen LogP contribution in [0.2, 0.25) is 0 Å². The first-order valence-corrected chi connectivity index (χ1v) is 4.08. The second-order valence-corrected chi connectivity index (χ2v) is 3.27. The quantitative estimate of drug-likeness (QED) is 0.256. The minimum atomic E-state index is -1.52. The van der Waals surface area contributed by atoms with Crippen molar-refractivity contribution in [1.82, 2.24) is 5.32 Å². The van der Waals surface area contributed by atoms with E-state index in [1.54, 1.807) is 0 Å². The second kappa shape index (κ2) is 3.87. The van der Waals surface area contributed by atoms with Crippen LogP contribution in [0.25, 0.3) is 0 Å². The van der Waals surface area contributed by atoms with Gasteiger partial charge in [-0.3, -0.25) is 0 Å². The Kier molecular flexibility index (Phi) is 3.23. The van der Waals surface area contributed by atoms with Crippen LogP contribution in [0.1, 0.15) is 0 Å². The Balaban J connectivity index is 2.79. The van der Waals surface area contributed by atoms with Crippen LogP contribution in [0.3, 0.4) is 0 Å². The van der Waals surface area contributed by atoms with Gasteiger partial charge in [0.25, 0.3) is 0 Å². The molecule has 6 N–H and O–H groups in total. The van der Waals surface area contributed by atoms with Gasteiger partial charge < -0.3 is 30.8 Å². The number of hydrogen-bond acceptors (Lipinski definition) is 6. The molecule has 0 aromatic carbocycles. The Morgan fingerprint density at radius 1 is 0.692 bits per heavy atom. The van der Waals surface area contributed by atoms with E-state index in [2.05, 4.69) is 5.32 Å². The Morgan fingerprint density at radius 3 is 1.31 bits per heavy atom. The predicted octanol–water partition coefficient (Wildman–Crippen LogP) is -3.61. The molecule has 1 aliphatic rings. The molecule has 0 spiro atoms. The van der Waals surface area contributed by atoms with Crippen LogP contribution in [0.4, 0.5) is 0 Å². The lowest BCUT2D eigenvalue weighted by atomic mass is 9.83. The van der Waals surface area contributed by atoms with Gasteiger partial charge in [-0.05, 0) is 7.05 Å². The van der Waals surface area contributed by atoms with Crippen molar-refractivity contribution in [3.63, 3.8) is 0 Å². The van der Waals surface area contributed by atoms with Gasteiger partial charge in [0.2, 0.25) is 0 Å². The summed E-state index contributed by atoms with van der Waals surface area (Å²) in [4.78, 5) is 0. The summed E-state index contributed by atoms with van der Waals surface area (Å²) in [7, 11) is 1.48. The normalized spacial score (nSPS) is 52.2. The summed E-state index contributed by atoms with van der Waals surface area (Å²) in [5.41, 5.74) is 0. The van der Waals surface area contributed by atoms with Crippen molar-refractivity contribution in [3.05, 3.63) is 0 Å². The monoisotopic (exact) mass is 193 g/mol. The second-order valence-electron chi connectivity index (χ2n) is 3.27. The average Bonchev–Trinajstić information content (AvgIpc) is 2.13. The molecule has 0 saturated heterocycles. The fourth-order valence-electron chi connectivity index (χ4n) is 1.57. The molecular formula is C7H15NO5. The maximum atomic E-state index is 9.35. The molecule has 78 valence electrons. The highest BCUT2D eigenvalue weighted by Gasteiger charge is 2.47. The molecule has 0 amide bonds. The first-order valence-electron chi connectivity index (χ1n) is 4.08. The number of aliphatic hydroxyl groups is 5. The summed E-state index contributed by atoms with van der Waals surface area (Å²) in [5.74, 6) is 0. The molecule has 6 atom stereocenters. The van der Waals surface area contributed by atoms with Crippen LogP contribution in [-0.2, 0) is 0 Å². The van der Waals surface area contributed by atoms with Gasteiger partial charge in [-0.1, -0.05) is 0 Å². The number of nitrogens with one attached hydrogen (secondary N) is 1. The van der Waals surface area contributed by atoms with Crippen LogP contribution in [-0.4, -0.2) is 69.1 Å². The molecule has 0 heterocycles. The van der Waals surface area contributed by atoms with Gasteiger partial charge in [0.15, 0.2) is 0 Å². The van der Waals surface area contributed by atoms with E-state index in [-0.39, 0.29) is 0 Å². The number of likely N-dealkylation sites (N-methyl/N-ethyl adjacent to an activating group) is 1. The molecule has 1 aliphatic carbocycles. The standard InChI is InChI=1S/C7H15NO5/c1-8-2-3(9)5(11)7(13)6(12)4(2)10/h2-13H,1H3/t2-,3-,4+,5+,6-,7-. The minimum Gasteiger partial charge on any atom is -0.389 e. The van der Waals surface area contributed by atoms with Crippen molar-refractivity contribution >= 4 is 0 Å². The van der Waals surface area contributed by atoms with Crippen molar-refractivity contribution < 1.29 is 25.5 Å². The fraction of sp³-hybridized carbons (Fsp3) is 1.00. The zero-order chi connectivity index (χ0) is 10.2. The molecule has 0 radical (unpaired) electrons. The summed E-state index contributed by atoms with van der Waals surface area (Å²) in [5, 5.41) is 48.9. The summed E-state index contributed by atoms with van der Waals surface area (Å²) >= 11 is 0. The lowest BCUT2D eigenvalue weighted by Crippen LogP contribution is -2.67. The van der Waals surface area contributed by atoms with Crippen LogP contribution in [0, 0.1) is 0 Å². The topological polar surface area (TPSA) is 113 Å². The van der Waals surface area contributed by atoms with Gasteiger partial charge in [-0.15, -0.1) is 0 Å². The van der Waals surface area contributed by atoms with Crippen molar-refractivity contribution in [2.45, 2.75) is 36.6 Å². The van der Waals surface area contributed by atoms with Gasteiger partial charge in [-0.25, -0.2) is 0 Å². The smallest absolute Gasteiger partial charge is 0.111 e. The summed E-state index contributed by atoms with van der Waals surface area (Å²) in [6, 6.07) is -0.839. The van der Waals surface area contributed by atoms with E-state index >= 15 is 0 Å². The van der Waals surface area contributed by atoms with E-state index < -0.39 is 36.6 Å². The van der Waals surface area contributed by atoms with E-state index in [4.69, 9.17) is 5.11 Å². The lowest BCUT2D eigenvalue weighted by molar-refractivity contribution is -0.189. The van der Waals surface area contributed by atoms with Crippen molar-refractivity contribution in [3.8, 4) is 0 Å². The van der Waals surface area contributed by atoms with Crippen LogP contribution < -0.4 is 5.32 Å². The third-order valence-corrected chi connectivity index (χ3v) is 2.47. The molecule has 0 aliphatic heterocycles. The molecule has 0 unspecified atom stereocenters. The number of rotatable bonds is 1. The Morgan fingerprint density at radius 2 is 1.00 bits per heavy atom. The molecule has 1 saturated carbocycles. The summed E-state index contributed by atoms with van der Waals surface area (Å²) in [6.07, 6.45) is -7.00. The SMILES string of the molecule is CN[C@H]1[C@H](O)[C@@H](O)[C@H](O)[C@@H](O)[C@@H]1O. The maximum Gasteiger partial charge on any atom is 0.111 e. The molecule has 13 heavy (non-hydrogen) atoms. The fourth-order valence-corrected chi connectivity index (χ4v) is 1.57.